The normalized spacial score (nSPS) is 18.9. The molecule has 1 unspecified atom stereocenters. The monoisotopic (exact) mass is 232 g/mol. The van der Waals surface area contributed by atoms with Gasteiger partial charge in [-0.3, -0.25) is 0 Å². The Balaban J connectivity index is 2.27. The van der Waals surface area contributed by atoms with Gasteiger partial charge in [0.2, 0.25) is 0 Å². The maximum absolute atomic E-state index is 9.59. The predicted molar refractivity (Wildman–Crippen MR) is 64.1 cm³/mol. The molecule has 0 aliphatic carbocycles. The van der Waals surface area contributed by atoms with Crippen molar-refractivity contribution in [1.82, 2.24) is 5.32 Å². The van der Waals surface area contributed by atoms with Crippen molar-refractivity contribution in [2.24, 2.45) is 0 Å². The summed E-state index contributed by atoms with van der Waals surface area (Å²) in [6.07, 6.45) is 3.17. The van der Waals surface area contributed by atoms with E-state index < -0.39 is 0 Å². The molecule has 4 heteroatoms. The van der Waals surface area contributed by atoms with Crippen LogP contribution in [-0.4, -0.2) is 24.8 Å². The minimum Gasteiger partial charge on any atom is -0.506 e. The molecule has 0 saturated carbocycles. The molecule has 1 atom stereocenters. The minimum absolute atomic E-state index is 0.0209. The van der Waals surface area contributed by atoms with Gasteiger partial charge in [-0.15, -0.1) is 0 Å². The van der Waals surface area contributed by atoms with Crippen molar-refractivity contribution >= 4 is 0 Å². The largest absolute Gasteiger partial charge is 0.506 e. The molecule has 0 bridgehead atoms. The van der Waals surface area contributed by atoms with Crippen LogP contribution in [0.2, 0.25) is 0 Å². The molecule has 1 aliphatic rings. The zero-order chi connectivity index (χ0) is 12.3. The molecule has 90 valence electrons. The Kier molecular flexibility index (Phi) is 3.50. The van der Waals surface area contributed by atoms with E-state index in [1.54, 1.807) is 13.2 Å². The van der Waals surface area contributed by atoms with Crippen LogP contribution in [0.3, 0.4) is 0 Å². The summed E-state index contributed by atoms with van der Waals surface area (Å²) in [5.74, 6) is 0.627. The lowest BCUT2D eigenvalue weighted by Gasteiger charge is -2.14. The SMILES string of the molecule is COc1cc(O)c(C#N)cc1CC1CCCN1. The van der Waals surface area contributed by atoms with Crippen molar-refractivity contribution in [2.75, 3.05) is 13.7 Å². The molecule has 2 rings (SSSR count). The van der Waals surface area contributed by atoms with Crippen LogP contribution in [0.5, 0.6) is 11.5 Å². The first-order chi connectivity index (χ1) is 8.24. The van der Waals surface area contributed by atoms with E-state index in [0.717, 1.165) is 24.9 Å². The van der Waals surface area contributed by atoms with Crippen LogP contribution in [0.15, 0.2) is 12.1 Å². The van der Waals surface area contributed by atoms with Crippen LogP contribution in [0.1, 0.15) is 24.0 Å². The molecule has 0 spiro atoms. The summed E-state index contributed by atoms with van der Waals surface area (Å²) < 4.78 is 5.24. The van der Waals surface area contributed by atoms with E-state index in [-0.39, 0.29) is 5.75 Å². The molecule has 1 aliphatic heterocycles. The topological polar surface area (TPSA) is 65.3 Å². The number of hydrogen-bond acceptors (Lipinski definition) is 4. The minimum atomic E-state index is -0.0209. The second-order valence-electron chi connectivity index (χ2n) is 4.29. The molecular weight excluding hydrogens is 216 g/mol. The number of phenols is 1. The number of ether oxygens (including phenoxy) is 1. The highest BCUT2D eigenvalue weighted by molar-refractivity contribution is 5.51. The molecule has 4 nitrogen and oxygen atoms in total. The molecular formula is C13H16N2O2. The number of nitrogens with one attached hydrogen (secondary N) is 1. The molecule has 0 amide bonds. The van der Waals surface area contributed by atoms with Gasteiger partial charge in [-0.1, -0.05) is 0 Å². The molecule has 1 saturated heterocycles. The second-order valence-corrected chi connectivity index (χ2v) is 4.29. The third-order valence-electron chi connectivity index (χ3n) is 3.15. The first-order valence-electron chi connectivity index (χ1n) is 5.78. The molecule has 1 aromatic rings. The number of nitrogens with zero attached hydrogens (tertiary/aromatic N) is 1. The Labute approximate surface area is 101 Å². The number of phenolic OH excluding ortho intramolecular Hbond substituents is 1. The van der Waals surface area contributed by atoms with Crippen LogP contribution in [0, 0.1) is 11.3 Å². The number of aromatic hydroxyl groups is 1. The van der Waals surface area contributed by atoms with Crippen LogP contribution in [0.25, 0.3) is 0 Å². The maximum Gasteiger partial charge on any atom is 0.137 e. The van der Waals surface area contributed by atoms with E-state index >= 15 is 0 Å². The highest BCUT2D eigenvalue weighted by atomic mass is 16.5. The van der Waals surface area contributed by atoms with Crippen LogP contribution in [0.4, 0.5) is 0 Å². The molecule has 1 fully saturated rings. The Hall–Kier alpha value is -1.73. The van der Waals surface area contributed by atoms with Crippen LogP contribution in [-0.2, 0) is 6.42 Å². The van der Waals surface area contributed by atoms with Gasteiger partial charge in [0.1, 0.15) is 17.6 Å². The fourth-order valence-corrected chi connectivity index (χ4v) is 2.25. The first-order valence-corrected chi connectivity index (χ1v) is 5.78. The number of rotatable bonds is 3. The van der Waals surface area contributed by atoms with Gasteiger partial charge >= 0.3 is 0 Å². The fourth-order valence-electron chi connectivity index (χ4n) is 2.25. The number of hydrogen-bond donors (Lipinski definition) is 2. The molecule has 2 N–H and O–H groups in total. The summed E-state index contributed by atoms with van der Waals surface area (Å²) in [6.45, 7) is 1.05. The summed E-state index contributed by atoms with van der Waals surface area (Å²) in [4.78, 5) is 0. The van der Waals surface area contributed by atoms with E-state index in [1.807, 2.05) is 6.07 Å². The van der Waals surface area contributed by atoms with E-state index in [1.165, 1.54) is 12.5 Å². The Morgan fingerprint density at radius 1 is 1.59 bits per heavy atom. The van der Waals surface area contributed by atoms with Gasteiger partial charge in [0.15, 0.2) is 0 Å². The predicted octanol–water partition coefficient (Wildman–Crippen LogP) is 1.57. The van der Waals surface area contributed by atoms with E-state index in [0.29, 0.717) is 17.4 Å². The Morgan fingerprint density at radius 3 is 3.00 bits per heavy atom. The molecule has 1 aromatic carbocycles. The summed E-state index contributed by atoms with van der Waals surface area (Å²) in [6, 6.07) is 5.66. The van der Waals surface area contributed by atoms with E-state index in [4.69, 9.17) is 10.00 Å². The molecule has 1 heterocycles. The van der Waals surface area contributed by atoms with Gasteiger partial charge in [0.05, 0.1) is 12.7 Å². The van der Waals surface area contributed by atoms with E-state index in [9.17, 15) is 5.11 Å². The van der Waals surface area contributed by atoms with Crippen molar-refractivity contribution in [2.45, 2.75) is 25.3 Å². The first kappa shape index (κ1) is 11.7. The average molecular weight is 232 g/mol. The van der Waals surface area contributed by atoms with Crippen molar-refractivity contribution in [3.8, 4) is 17.6 Å². The quantitative estimate of drug-likeness (QED) is 0.830. The van der Waals surface area contributed by atoms with Crippen LogP contribution < -0.4 is 10.1 Å². The second kappa shape index (κ2) is 5.07. The summed E-state index contributed by atoms with van der Waals surface area (Å²) in [5, 5.41) is 21.9. The highest BCUT2D eigenvalue weighted by Crippen LogP contribution is 2.29. The van der Waals surface area contributed by atoms with Gasteiger partial charge in [0, 0.05) is 12.1 Å². The lowest BCUT2D eigenvalue weighted by molar-refractivity contribution is 0.399. The number of nitriles is 1. The van der Waals surface area contributed by atoms with Gasteiger partial charge in [-0.25, -0.2) is 0 Å². The fraction of sp³-hybridized carbons (Fsp3) is 0.462. The lowest BCUT2D eigenvalue weighted by Crippen LogP contribution is -2.23. The summed E-state index contributed by atoms with van der Waals surface area (Å²) >= 11 is 0. The van der Waals surface area contributed by atoms with Gasteiger partial charge < -0.3 is 15.2 Å². The van der Waals surface area contributed by atoms with Gasteiger partial charge in [-0.05, 0) is 37.4 Å². The van der Waals surface area contributed by atoms with E-state index in [2.05, 4.69) is 5.32 Å². The van der Waals surface area contributed by atoms with Gasteiger partial charge in [-0.2, -0.15) is 5.26 Å². The lowest BCUT2D eigenvalue weighted by atomic mass is 10.0. The summed E-state index contributed by atoms with van der Waals surface area (Å²) in [7, 11) is 1.58. The van der Waals surface area contributed by atoms with Crippen molar-refractivity contribution in [1.29, 1.82) is 5.26 Å². The Morgan fingerprint density at radius 2 is 2.41 bits per heavy atom. The molecule has 0 aromatic heterocycles. The zero-order valence-electron chi connectivity index (χ0n) is 9.86. The van der Waals surface area contributed by atoms with Gasteiger partial charge in [0.25, 0.3) is 0 Å². The van der Waals surface area contributed by atoms with Crippen molar-refractivity contribution in [3.05, 3.63) is 23.3 Å². The zero-order valence-corrected chi connectivity index (χ0v) is 9.86. The molecule has 17 heavy (non-hydrogen) atoms. The smallest absolute Gasteiger partial charge is 0.137 e. The maximum atomic E-state index is 9.59. The van der Waals surface area contributed by atoms with Crippen molar-refractivity contribution < 1.29 is 9.84 Å². The third-order valence-corrected chi connectivity index (χ3v) is 3.15. The highest BCUT2D eigenvalue weighted by Gasteiger charge is 2.18. The standard InChI is InChI=1S/C13H16N2O2/c1-17-13-7-12(16)10(8-14)5-9(13)6-11-3-2-4-15-11/h5,7,11,15-16H,2-4,6H2,1H3. The van der Waals surface area contributed by atoms with Crippen LogP contribution >= 0.6 is 0 Å². The Bertz CT molecular complexity index is 445. The summed E-state index contributed by atoms with van der Waals surface area (Å²) in [5.41, 5.74) is 1.28. The number of benzene rings is 1. The average Bonchev–Trinajstić information content (AvgIpc) is 2.83. The third kappa shape index (κ3) is 2.51. The number of methoxy groups -OCH3 is 1. The van der Waals surface area contributed by atoms with Crippen molar-refractivity contribution in [3.63, 3.8) is 0 Å². The molecule has 0 radical (unpaired) electrons.